The van der Waals surface area contributed by atoms with Crippen molar-refractivity contribution in [1.82, 2.24) is 0 Å². The lowest BCUT2D eigenvalue weighted by molar-refractivity contribution is 0.204. The predicted octanol–water partition coefficient (Wildman–Crippen LogP) is 0.342. The summed E-state index contributed by atoms with van der Waals surface area (Å²) in [5, 5.41) is 20.8. The van der Waals surface area contributed by atoms with Crippen molar-refractivity contribution in [1.29, 1.82) is 0 Å². The normalized spacial score (nSPS) is 10.6. The van der Waals surface area contributed by atoms with Crippen molar-refractivity contribution in [3.05, 3.63) is 23.8 Å². The molecule has 0 saturated heterocycles. The SMILES string of the molecule is Cc1cccc(N)c1NC(CO)CO. The Labute approximate surface area is 83.4 Å². The molecule has 0 unspecified atom stereocenters. The second-order valence-corrected chi connectivity index (χ2v) is 3.25. The Hall–Kier alpha value is -1.26. The Morgan fingerprint density at radius 3 is 2.50 bits per heavy atom. The lowest BCUT2D eigenvalue weighted by Crippen LogP contribution is -2.28. The van der Waals surface area contributed by atoms with Gasteiger partial charge in [0.1, 0.15) is 0 Å². The van der Waals surface area contributed by atoms with Gasteiger partial charge < -0.3 is 21.3 Å². The smallest absolute Gasteiger partial charge is 0.0724 e. The molecule has 0 atom stereocenters. The van der Waals surface area contributed by atoms with Crippen LogP contribution in [0, 0.1) is 6.92 Å². The van der Waals surface area contributed by atoms with Crippen LogP contribution in [0.25, 0.3) is 0 Å². The molecule has 1 aromatic carbocycles. The molecule has 78 valence electrons. The van der Waals surface area contributed by atoms with Crippen molar-refractivity contribution in [2.75, 3.05) is 24.3 Å². The van der Waals surface area contributed by atoms with E-state index < -0.39 is 0 Å². The van der Waals surface area contributed by atoms with Crippen molar-refractivity contribution in [2.45, 2.75) is 13.0 Å². The highest BCUT2D eigenvalue weighted by Crippen LogP contribution is 2.22. The van der Waals surface area contributed by atoms with Gasteiger partial charge in [-0.2, -0.15) is 0 Å². The summed E-state index contributed by atoms with van der Waals surface area (Å²) in [6.45, 7) is 1.68. The summed E-state index contributed by atoms with van der Waals surface area (Å²) in [6.07, 6.45) is 0. The second kappa shape index (κ2) is 4.83. The van der Waals surface area contributed by atoms with Gasteiger partial charge in [-0.15, -0.1) is 0 Å². The van der Waals surface area contributed by atoms with Crippen molar-refractivity contribution in [3.63, 3.8) is 0 Å². The maximum absolute atomic E-state index is 8.91. The number of hydrogen-bond acceptors (Lipinski definition) is 4. The molecule has 0 aliphatic rings. The van der Waals surface area contributed by atoms with E-state index in [0.717, 1.165) is 11.3 Å². The van der Waals surface area contributed by atoms with E-state index in [4.69, 9.17) is 15.9 Å². The van der Waals surface area contributed by atoms with Crippen LogP contribution in [0.15, 0.2) is 18.2 Å². The van der Waals surface area contributed by atoms with E-state index in [0.29, 0.717) is 5.69 Å². The minimum atomic E-state index is -0.363. The lowest BCUT2D eigenvalue weighted by atomic mass is 10.1. The highest BCUT2D eigenvalue weighted by Gasteiger charge is 2.08. The van der Waals surface area contributed by atoms with Crippen molar-refractivity contribution in [3.8, 4) is 0 Å². The fourth-order valence-corrected chi connectivity index (χ4v) is 1.24. The van der Waals surface area contributed by atoms with E-state index in [1.807, 2.05) is 19.1 Å². The number of aryl methyl sites for hydroxylation is 1. The molecule has 0 spiro atoms. The molecule has 0 heterocycles. The number of anilines is 2. The third-order valence-electron chi connectivity index (χ3n) is 2.09. The van der Waals surface area contributed by atoms with Crippen molar-refractivity contribution < 1.29 is 10.2 Å². The molecule has 0 aliphatic heterocycles. The molecule has 14 heavy (non-hydrogen) atoms. The van der Waals surface area contributed by atoms with Crippen LogP contribution in [0.2, 0.25) is 0 Å². The van der Waals surface area contributed by atoms with E-state index in [1.165, 1.54) is 0 Å². The van der Waals surface area contributed by atoms with E-state index in [2.05, 4.69) is 5.32 Å². The van der Waals surface area contributed by atoms with Gasteiger partial charge in [-0.25, -0.2) is 0 Å². The number of nitrogens with one attached hydrogen (secondary N) is 1. The maximum Gasteiger partial charge on any atom is 0.0724 e. The summed E-state index contributed by atoms with van der Waals surface area (Å²) >= 11 is 0. The van der Waals surface area contributed by atoms with Gasteiger partial charge >= 0.3 is 0 Å². The highest BCUT2D eigenvalue weighted by molar-refractivity contribution is 5.70. The van der Waals surface area contributed by atoms with Gasteiger partial charge in [0.2, 0.25) is 0 Å². The molecule has 0 aliphatic carbocycles. The molecule has 4 heteroatoms. The van der Waals surface area contributed by atoms with Crippen LogP contribution in [-0.2, 0) is 0 Å². The van der Waals surface area contributed by atoms with E-state index in [1.54, 1.807) is 6.07 Å². The summed E-state index contributed by atoms with van der Waals surface area (Å²) in [5.41, 5.74) is 8.15. The number of nitrogen functional groups attached to an aromatic ring is 1. The van der Waals surface area contributed by atoms with Gasteiger partial charge in [-0.05, 0) is 18.6 Å². The quantitative estimate of drug-likeness (QED) is 0.524. The average Bonchev–Trinajstić information content (AvgIpc) is 2.18. The molecule has 1 aromatic rings. The predicted molar refractivity (Wildman–Crippen MR) is 57.2 cm³/mol. The third-order valence-corrected chi connectivity index (χ3v) is 2.09. The number of benzene rings is 1. The van der Waals surface area contributed by atoms with Crippen LogP contribution in [0.1, 0.15) is 5.56 Å². The first kappa shape index (κ1) is 10.8. The first-order valence-electron chi connectivity index (χ1n) is 4.52. The van der Waals surface area contributed by atoms with E-state index >= 15 is 0 Å². The summed E-state index contributed by atoms with van der Waals surface area (Å²) in [7, 11) is 0. The molecule has 0 saturated carbocycles. The monoisotopic (exact) mass is 196 g/mol. The van der Waals surface area contributed by atoms with Crippen molar-refractivity contribution in [2.24, 2.45) is 0 Å². The molecule has 0 radical (unpaired) electrons. The van der Waals surface area contributed by atoms with Gasteiger partial charge in [0.05, 0.1) is 30.6 Å². The minimum absolute atomic E-state index is 0.121. The summed E-state index contributed by atoms with van der Waals surface area (Å²) in [6, 6.07) is 5.20. The Kier molecular flexibility index (Phi) is 3.73. The molecule has 5 N–H and O–H groups in total. The first-order valence-corrected chi connectivity index (χ1v) is 4.52. The molecule has 4 nitrogen and oxygen atoms in total. The van der Waals surface area contributed by atoms with Crippen LogP contribution in [0.5, 0.6) is 0 Å². The number of hydrogen-bond donors (Lipinski definition) is 4. The number of rotatable bonds is 4. The third kappa shape index (κ3) is 2.37. The standard InChI is InChI=1S/C10H16N2O2/c1-7-3-2-4-9(11)10(7)12-8(5-13)6-14/h2-4,8,12-14H,5-6,11H2,1H3. The Bertz CT molecular complexity index is 278. The zero-order valence-electron chi connectivity index (χ0n) is 8.20. The van der Waals surface area contributed by atoms with Crippen LogP contribution in [-0.4, -0.2) is 29.5 Å². The van der Waals surface area contributed by atoms with Crippen molar-refractivity contribution >= 4 is 11.4 Å². The minimum Gasteiger partial charge on any atom is -0.397 e. The highest BCUT2D eigenvalue weighted by atomic mass is 16.3. The molecule has 0 fully saturated rings. The number of para-hydroxylation sites is 1. The number of aliphatic hydroxyl groups is 2. The van der Waals surface area contributed by atoms with Gasteiger partial charge in [0.25, 0.3) is 0 Å². The van der Waals surface area contributed by atoms with Gasteiger partial charge in [-0.3, -0.25) is 0 Å². The fraction of sp³-hybridized carbons (Fsp3) is 0.400. The zero-order valence-corrected chi connectivity index (χ0v) is 8.20. The summed E-state index contributed by atoms with van der Waals surface area (Å²) in [4.78, 5) is 0. The van der Waals surface area contributed by atoms with Crippen LogP contribution < -0.4 is 11.1 Å². The van der Waals surface area contributed by atoms with Crippen LogP contribution in [0.3, 0.4) is 0 Å². The summed E-state index contributed by atoms with van der Waals surface area (Å²) < 4.78 is 0. The van der Waals surface area contributed by atoms with Crippen LogP contribution >= 0.6 is 0 Å². The second-order valence-electron chi connectivity index (χ2n) is 3.25. The first-order chi connectivity index (χ1) is 6.69. The Morgan fingerprint density at radius 1 is 1.36 bits per heavy atom. The lowest BCUT2D eigenvalue weighted by Gasteiger charge is -2.18. The average molecular weight is 196 g/mol. The molecular weight excluding hydrogens is 180 g/mol. The van der Waals surface area contributed by atoms with E-state index in [9.17, 15) is 0 Å². The molecule has 1 rings (SSSR count). The van der Waals surface area contributed by atoms with Crippen LogP contribution in [0.4, 0.5) is 11.4 Å². The zero-order chi connectivity index (χ0) is 10.6. The fourth-order valence-electron chi connectivity index (χ4n) is 1.24. The maximum atomic E-state index is 8.91. The molecular formula is C10H16N2O2. The molecule has 0 amide bonds. The molecule has 0 aromatic heterocycles. The number of nitrogens with two attached hydrogens (primary N) is 1. The largest absolute Gasteiger partial charge is 0.397 e. The van der Waals surface area contributed by atoms with Gasteiger partial charge in [-0.1, -0.05) is 12.1 Å². The summed E-state index contributed by atoms with van der Waals surface area (Å²) in [5.74, 6) is 0. The van der Waals surface area contributed by atoms with E-state index in [-0.39, 0.29) is 19.3 Å². The number of aliphatic hydroxyl groups excluding tert-OH is 2. The Balaban J connectivity index is 2.84. The van der Waals surface area contributed by atoms with Gasteiger partial charge in [0.15, 0.2) is 0 Å². The topological polar surface area (TPSA) is 78.5 Å². The Morgan fingerprint density at radius 2 is 2.00 bits per heavy atom. The molecule has 0 bridgehead atoms. The van der Waals surface area contributed by atoms with Gasteiger partial charge in [0, 0.05) is 0 Å².